The zero-order valence-corrected chi connectivity index (χ0v) is 11.8. The van der Waals surface area contributed by atoms with Crippen molar-refractivity contribution in [3.8, 4) is 6.07 Å². The smallest absolute Gasteiger partial charge is 0.236 e. The summed E-state index contributed by atoms with van der Waals surface area (Å²) in [4.78, 5) is 13.6. The number of benzene rings is 1. The number of nitriles is 1. The predicted molar refractivity (Wildman–Crippen MR) is 75.4 cm³/mol. The summed E-state index contributed by atoms with van der Waals surface area (Å²) in [7, 11) is 1.78. The second kappa shape index (κ2) is 7.55. The van der Waals surface area contributed by atoms with E-state index in [1.807, 2.05) is 18.2 Å². The third kappa shape index (κ3) is 5.11. The molecule has 0 aliphatic carbocycles. The Morgan fingerprint density at radius 1 is 1.53 bits per heavy atom. The molecule has 1 rings (SSSR count). The Hall–Kier alpha value is -1.86. The maximum absolute atomic E-state index is 11.9. The SMILES string of the molecule is CCC(C)NCC(=O)N(C)Cc1cccc(C#N)c1. The lowest BCUT2D eigenvalue weighted by atomic mass is 10.1. The van der Waals surface area contributed by atoms with Crippen molar-refractivity contribution >= 4 is 5.91 Å². The molecule has 0 bridgehead atoms. The van der Waals surface area contributed by atoms with Gasteiger partial charge < -0.3 is 10.2 Å². The maximum Gasteiger partial charge on any atom is 0.236 e. The molecule has 0 saturated carbocycles. The van der Waals surface area contributed by atoms with Crippen LogP contribution in [0.25, 0.3) is 0 Å². The van der Waals surface area contributed by atoms with Gasteiger partial charge in [0.15, 0.2) is 0 Å². The molecule has 0 spiro atoms. The van der Waals surface area contributed by atoms with Crippen LogP contribution in [0.1, 0.15) is 31.4 Å². The molecule has 0 aromatic heterocycles. The number of carbonyl (C=O) groups is 1. The number of carbonyl (C=O) groups excluding carboxylic acids is 1. The van der Waals surface area contributed by atoms with E-state index in [4.69, 9.17) is 5.26 Å². The van der Waals surface area contributed by atoms with E-state index in [-0.39, 0.29) is 5.91 Å². The molecule has 1 amide bonds. The van der Waals surface area contributed by atoms with Crippen molar-refractivity contribution in [2.24, 2.45) is 0 Å². The molecule has 1 unspecified atom stereocenters. The molecule has 0 saturated heterocycles. The molecule has 1 aromatic carbocycles. The molecule has 102 valence electrons. The molecular weight excluding hydrogens is 238 g/mol. The first-order valence-electron chi connectivity index (χ1n) is 6.53. The molecule has 0 fully saturated rings. The van der Waals surface area contributed by atoms with E-state index in [0.29, 0.717) is 24.7 Å². The molecule has 19 heavy (non-hydrogen) atoms. The van der Waals surface area contributed by atoms with Crippen LogP contribution in [0.2, 0.25) is 0 Å². The fourth-order valence-electron chi connectivity index (χ4n) is 1.64. The van der Waals surface area contributed by atoms with Crippen LogP contribution < -0.4 is 5.32 Å². The number of rotatable bonds is 6. The largest absolute Gasteiger partial charge is 0.340 e. The van der Waals surface area contributed by atoms with E-state index in [9.17, 15) is 4.79 Å². The van der Waals surface area contributed by atoms with E-state index in [1.165, 1.54) is 0 Å². The minimum atomic E-state index is 0.0580. The fraction of sp³-hybridized carbons (Fsp3) is 0.467. The molecule has 4 heteroatoms. The Morgan fingerprint density at radius 2 is 2.26 bits per heavy atom. The van der Waals surface area contributed by atoms with Gasteiger partial charge in [0, 0.05) is 19.6 Å². The summed E-state index contributed by atoms with van der Waals surface area (Å²) in [6.45, 7) is 5.02. The Balaban J connectivity index is 2.51. The summed E-state index contributed by atoms with van der Waals surface area (Å²) in [5.41, 5.74) is 1.59. The molecule has 0 heterocycles. The third-order valence-electron chi connectivity index (χ3n) is 3.12. The van der Waals surface area contributed by atoms with Gasteiger partial charge in [-0.05, 0) is 31.0 Å². The Kier molecular flexibility index (Phi) is 6.04. The second-order valence-electron chi connectivity index (χ2n) is 4.75. The first kappa shape index (κ1) is 15.2. The van der Waals surface area contributed by atoms with Gasteiger partial charge in [-0.15, -0.1) is 0 Å². The Morgan fingerprint density at radius 3 is 2.89 bits per heavy atom. The van der Waals surface area contributed by atoms with Crippen molar-refractivity contribution in [2.75, 3.05) is 13.6 Å². The van der Waals surface area contributed by atoms with Crippen LogP contribution in [0.5, 0.6) is 0 Å². The molecule has 0 aliphatic rings. The van der Waals surface area contributed by atoms with E-state index in [2.05, 4.69) is 25.2 Å². The van der Waals surface area contributed by atoms with Crippen molar-refractivity contribution < 1.29 is 4.79 Å². The molecule has 0 radical (unpaired) electrons. The molecule has 1 aromatic rings. The quantitative estimate of drug-likeness (QED) is 0.849. The first-order valence-corrected chi connectivity index (χ1v) is 6.53. The second-order valence-corrected chi connectivity index (χ2v) is 4.75. The number of hydrogen-bond acceptors (Lipinski definition) is 3. The van der Waals surface area contributed by atoms with Crippen LogP contribution in [0, 0.1) is 11.3 Å². The average Bonchev–Trinajstić information content (AvgIpc) is 2.44. The van der Waals surface area contributed by atoms with E-state index >= 15 is 0 Å². The lowest BCUT2D eigenvalue weighted by molar-refractivity contribution is -0.129. The maximum atomic E-state index is 11.9. The normalized spacial score (nSPS) is 11.7. The minimum Gasteiger partial charge on any atom is -0.340 e. The predicted octanol–water partition coefficient (Wildman–Crippen LogP) is 1.90. The Bertz CT molecular complexity index is 465. The van der Waals surface area contributed by atoms with Gasteiger partial charge in [0.1, 0.15) is 0 Å². The van der Waals surface area contributed by atoms with Crippen LogP contribution in [-0.2, 0) is 11.3 Å². The van der Waals surface area contributed by atoms with Crippen molar-refractivity contribution in [1.82, 2.24) is 10.2 Å². The summed E-state index contributed by atoms with van der Waals surface area (Å²) in [6.07, 6.45) is 1.00. The zero-order valence-electron chi connectivity index (χ0n) is 11.8. The minimum absolute atomic E-state index is 0.0580. The number of nitrogens with zero attached hydrogens (tertiary/aromatic N) is 2. The lowest BCUT2D eigenvalue weighted by Crippen LogP contribution is -2.38. The van der Waals surface area contributed by atoms with Crippen molar-refractivity contribution in [3.05, 3.63) is 35.4 Å². The van der Waals surface area contributed by atoms with Gasteiger partial charge in [-0.3, -0.25) is 4.79 Å². The standard InChI is InChI=1S/C15H21N3O/c1-4-12(2)17-10-15(19)18(3)11-14-7-5-6-13(8-14)9-16/h5-8,12,17H,4,10-11H2,1-3H3. The van der Waals surface area contributed by atoms with Gasteiger partial charge in [0.2, 0.25) is 5.91 Å². The molecular formula is C15H21N3O. The molecule has 1 atom stereocenters. The highest BCUT2D eigenvalue weighted by Crippen LogP contribution is 2.06. The number of hydrogen-bond donors (Lipinski definition) is 1. The van der Waals surface area contributed by atoms with Crippen LogP contribution >= 0.6 is 0 Å². The monoisotopic (exact) mass is 259 g/mol. The summed E-state index contributed by atoms with van der Waals surface area (Å²) in [5, 5.41) is 12.0. The average molecular weight is 259 g/mol. The number of likely N-dealkylation sites (N-methyl/N-ethyl adjacent to an activating group) is 1. The van der Waals surface area contributed by atoms with Crippen LogP contribution in [0.3, 0.4) is 0 Å². The lowest BCUT2D eigenvalue weighted by Gasteiger charge is -2.19. The van der Waals surface area contributed by atoms with E-state index in [0.717, 1.165) is 12.0 Å². The highest BCUT2D eigenvalue weighted by atomic mass is 16.2. The van der Waals surface area contributed by atoms with Crippen molar-refractivity contribution in [2.45, 2.75) is 32.9 Å². The van der Waals surface area contributed by atoms with E-state index in [1.54, 1.807) is 18.0 Å². The van der Waals surface area contributed by atoms with Gasteiger partial charge in [-0.1, -0.05) is 19.1 Å². The highest BCUT2D eigenvalue weighted by Gasteiger charge is 2.10. The summed E-state index contributed by atoms with van der Waals surface area (Å²) >= 11 is 0. The Labute approximate surface area is 115 Å². The zero-order chi connectivity index (χ0) is 14.3. The number of nitrogens with one attached hydrogen (secondary N) is 1. The van der Waals surface area contributed by atoms with E-state index < -0.39 is 0 Å². The van der Waals surface area contributed by atoms with Gasteiger partial charge in [0.05, 0.1) is 18.2 Å². The topological polar surface area (TPSA) is 56.1 Å². The summed E-state index contributed by atoms with van der Waals surface area (Å²) < 4.78 is 0. The van der Waals surface area contributed by atoms with Gasteiger partial charge in [-0.25, -0.2) is 0 Å². The number of amides is 1. The van der Waals surface area contributed by atoms with Crippen molar-refractivity contribution in [3.63, 3.8) is 0 Å². The van der Waals surface area contributed by atoms with Crippen LogP contribution in [0.15, 0.2) is 24.3 Å². The van der Waals surface area contributed by atoms with Crippen molar-refractivity contribution in [1.29, 1.82) is 5.26 Å². The summed E-state index contributed by atoms with van der Waals surface area (Å²) in [5.74, 6) is 0.0580. The third-order valence-corrected chi connectivity index (χ3v) is 3.12. The molecule has 1 N–H and O–H groups in total. The molecule has 0 aliphatic heterocycles. The first-order chi connectivity index (χ1) is 9.06. The van der Waals surface area contributed by atoms with Gasteiger partial charge >= 0.3 is 0 Å². The summed E-state index contributed by atoms with van der Waals surface area (Å²) in [6, 6.07) is 9.78. The fourth-order valence-corrected chi connectivity index (χ4v) is 1.64. The van der Waals surface area contributed by atoms with Crippen LogP contribution in [0.4, 0.5) is 0 Å². The van der Waals surface area contributed by atoms with Gasteiger partial charge in [-0.2, -0.15) is 5.26 Å². The van der Waals surface area contributed by atoms with Gasteiger partial charge in [0.25, 0.3) is 0 Å². The molecule has 4 nitrogen and oxygen atoms in total. The van der Waals surface area contributed by atoms with Crippen LogP contribution in [-0.4, -0.2) is 30.4 Å². The highest BCUT2D eigenvalue weighted by molar-refractivity contribution is 5.78.